The first-order valence-electron chi connectivity index (χ1n) is 7.82. The summed E-state index contributed by atoms with van der Waals surface area (Å²) in [5.74, 6) is 0.123. The molecule has 1 aromatic carbocycles. The van der Waals surface area contributed by atoms with Gasteiger partial charge in [-0.2, -0.15) is 0 Å². The van der Waals surface area contributed by atoms with Crippen LogP contribution in [-0.4, -0.2) is 23.6 Å². The number of hydrogen-bond acceptors (Lipinski definition) is 4. The van der Waals surface area contributed by atoms with E-state index in [9.17, 15) is 4.79 Å². The Bertz CT molecular complexity index is 836. The van der Waals surface area contributed by atoms with Gasteiger partial charge in [-0.25, -0.2) is 0 Å². The van der Waals surface area contributed by atoms with E-state index < -0.39 is 0 Å². The van der Waals surface area contributed by atoms with E-state index in [2.05, 4.69) is 29.0 Å². The smallest absolute Gasteiger partial charge is 0.254 e. The number of fused-ring (bicyclic) bond motifs is 1. The summed E-state index contributed by atoms with van der Waals surface area (Å²) < 4.78 is 0. The van der Waals surface area contributed by atoms with Crippen molar-refractivity contribution in [3.05, 3.63) is 74.1 Å². The number of nitrogens with zero attached hydrogens (tertiary/aromatic N) is 1. The van der Waals surface area contributed by atoms with E-state index in [0.29, 0.717) is 0 Å². The molecule has 0 aliphatic carbocycles. The maximum absolute atomic E-state index is 13.2. The Balaban J connectivity index is 1.71. The molecule has 0 spiro atoms. The third kappa shape index (κ3) is 2.81. The van der Waals surface area contributed by atoms with Crippen molar-refractivity contribution in [2.24, 2.45) is 0 Å². The van der Waals surface area contributed by atoms with Gasteiger partial charge in [0, 0.05) is 26.8 Å². The second kappa shape index (κ2) is 6.75. The monoisotopic (exact) mass is 371 g/mol. The zero-order valence-corrected chi connectivity index (χ0v) is 15.7. The second-order valence-corrected chi connectivity index (χ2v) is 8.55. The van der Waals surface area contributed by atoms with Gasteiger partial charge in [0.2, 0.25) is 0 Å². The lowest BCUT2D eigenvalue weighted by Gasteiger charge is -2.35. The molecule has 0 unspecified atom stereocenters. The van der Waals surface area contributed by atoms with Gasteiger partial charge in [0.1, 0.15) is 0 Å². The predicted octanol–water partition coefficient (Wildman–Crippen LogP) is 5.32. The molecule has 0 radical (unpaired) electrons. The van der Waals surface area contributed by atoms with Crippen molar-refractivity contribution < 1.29 is 4.79 Å². The van der Waals surface area contributed by atoms with E-state index in [1.807, 2.05) is 35.4 Å². The van der Waals surface area contributed by atoms with Crippen LogP contribution in [0.4, 0.5) is 0 Å². The molecule has 1 aliphatic heterocycles. The van der Waals surface area contributed by atoms with Gasteiger partial charge in [0.15, 0.2) is 0 Å². The molecule has 4 rings (SSSR count). The van der Waals surface area contributed by atoms with Crippen LogP contribution in [-0.2, 0) is 6.42 Å². The van der Waals surface area contributed by atoms with Crippen LogP contribution < -0.4 is 0 Å². The van der Waals surface area contributed by atoms with Gasteiger partial charge in [-0.3, -0.25) is 4.79 Å². The third-order valence-electron chi connectivity index (χ3n) is 4.38. The Morgan fingerprint density at radius 1 is 1.12 bits per heavy atom. The molecule has 1 aliphatic rings. The van der Waals surface area contributed by atoms with Crippen LogP contribution in [0.5, 0.6) is 0 Å². The van der Waals surface area contributed by atoms with Crippen LogP contribution in [0.1, 0.15) is 31.7 Å². The van der Waals surface area contributed by atoms with Crippen molar-refractivity contribution in [1.29, 1.82) is 0 Å². The normalized spacial score (nSPS) is 16.9. The van der Waals surface area contributed by atoms with Crippen LogP contribution in [0.2, 0.25) is 0 Å². The van der Waals surface area contributed by atoms with Crippen LogP contribution in [0, 0.1) is 0 Å². The molecule has 0 saturated carbocycles. The Morgan fingerprint density at radius 3 is 2.67 bits per heavy atom. The molecule has 2 nitrogen and oxygen atoms in total. The topological polar surface area (TPSA) is 20.3 Å². The second-order valence-electron chi connectivity index (χ2n) is 5.69. The van der Waals surface area contributed by atoms with Crippen molar-refractivity contribution in [2.45, 2.75) is 17.4 Å². The number of hydrogen-bond donors (Lipinski definition) is 0. The predicted molar refractivity (Wildman–Crippen MR) is 103 cm³/mol. The molecule has 1 atom stereocenters. The van der Waals surface area contributed by atoms with Gasteiger partial charge < -0.3 is 4.90 Å². The van der Waals surface area contributed by atoms with Gasteiger partial charge in [-0.05, 0) is 65.4 Å². The zero-order valence-electron chi connectivity index (χ0n) is 13.3. The van der Waals surface area contributed by atoms with E-state index in [1.54, 1.807) is 34.4 Å². The molecule has 0 fully saturated rings. The van der Waals surface area contributed by atoms with E-state index >= 15 is 0 Å². The number of benzene rings is 1. The van der Waals surface area contributed by atoms with Crippen molar-refractivity contribution in [3.63, 3.8) is 0 Å². The van der Waals surface area contributed by atoms with Crippen LogP contribution in [0.25, 0.3) is 0 Å². The summed E-state index contributed by atoms with van der Waals surface area (Å²) in [5.41, 5.74) is 2.07. The van der Waals surface area contributed by atoms with E-state index in [-0.39, 0.29) is 11.9 Å². The van der Waals surface area contributed by atoms with Gasteiger partial charge in [-0.1, -0.05) is 6.07 Å². The third-order valence-corrected chi connectivity index (χ3v) is 7.04. The highest BCUT2D eigenvalue weighted by Crippen LogP contribution is 2.40. The summed E-state index contributed by atoms with van der Waals surface area (Å²) in [7, 11) is 0. The fraction of sp³-hybridized carbons (Fsp3) is 0.211. The van der Waals surface area contributed by atoms with Crippen molar-refractivity contribution in [3.8, 4) is 0 Å². The lowest BCUT2D eigenvalue weighted by Crippen LogP contribution is -2.39. The summed E-state index contributed by atoms with van der Waals surface area (Å²) in [6.45, 7) is 0.777. The Labute approximate surface area is 154 Å². The van der Waals surface area contributed by atoms with Crippen molar-refractivity contribution in [2.75, 3.05) is 12.8 Å². The molecule has 122 valence electrons. The number of amides is 1. The number of thioether (sulfide) groups is 1. The lowest BCUT2D eigenvalue weighted by molar-refractivity contribution is 0.0698. The lowest BCUT2D eigenvalue weighted by atomic mass is 9.97. The highest BCUT2D eigenvalue weighted by molar-refractivity contribution is 7.98. The van der Waals surface area contributed by atoms with E-state index in [1.165, 1.54) is 20.2 Å². The first-order chi connectivity index (χ1) is 11.8. The maximum Gasteiger partial charge on any atom is 0.254 e. The summed E-state index contributed by atoms with van der Waals surface area (Å²) in [5, 5.41) is 4.23. The first kappa shape index (κ1) is 15.9. The summed E-state index contributed by atoms with van der Waals surface area (Å²) >= 11 is 5.22. The molecular formula is C19H17NOS3. The van der Waals surface area contributed by atoms with Gasteiger partial charge in [0.05, 0.1) is 6.04 Å². The maximum atomic E-state index is 13.2. The average Bonchev–Trinajstić information content (AvgIpc) is 3.31. The van der Waals surface area contributed by atoms with Gasteiger partial charge in [0.25, 0.3) is 5.91 Å². The van der Waals surface area contributed by atoms with E-state index in [4.69, 9.17) is 0 Å². The van der Waals surface area contributed by atoms with Crippen LogP contribution >= 0.6 is 34.4 Å². The molecule has 0 bridgehead atoms. The highest BCUT2D eigenvalue weighted by atomic mass is 32.2. The molecule has 24 heavy (non-hydrogen) atoms. The highest BCUT2D eigenvalue weighted by Gasteiger charge is 2.33. The summed E-state index contributed by atoms with van der Waals surface area (Å²) in [6, 6.07) is 14.4. The molecule has 0 saturated heterocycles. The average molecular weight is 372 g/mol. The Hall–Kier alpha value is -1.56. The summed E-state index contributed by atoms with van der Waals surface area (Å²) in [4.78, 5) is 19.0. The largest absolute Gasteiger partial charge is 0.326 e. The molecule has 2 aromatic heterocycles. The SMILES string of the molecule is CSc1ccc(C(=O)N2CCc3sccc3[C@@H]2c2cccs2)cc1. The molecular weight excluding hydrogens is 354 g/mol. The first-order valence-corrected chi connectivity index (χ1v) is 10.8. The molecule has 5 heteroatoms. The van der Waals surface area contributed by atoms with Gasteiger partial charge in [-0.15, -0.1) is 34.4 Å². The minimum absolute atomic E-state index is 0.0488. The van der Waals surface area contributed by atoms with Crippen LogP contribution in [0.3, 0.4) is 0 Å². The van der Waals surface area contributed by atoms with Gasteiger partial charge >= 0.3 is 0 Å². The van der Waals surface area contributed by atoms with Crippen LogP contribution in [0.15, 0.2) is 58.1 Å². The quantitative estimate of drug-likeness (QED) is 0.581. The summed E-state index contributed by atoms with van der Waals surface area (Å²) in [6.07, 6.45) is 3.00. The number of rotatable bonds is 3. The molecule has 1 amide bonds. The number of carbonyl (C=O) groups is 1. The van der Waals surface area contributed by atoms with Crippen molar-refractivity contribution >= 4 is 40.3 Å². The Morgan fingerprint density at radius 2 is 1.96 bits per heavy atom. The minimum atomic E-state index is 0.0488. The van der Waals surface area contributed by atoms with E-state index in [0.717, 1.165) is 18.5 Å². The fourth-order valence-electron chi connectivity index (χ4n) is 3.19. The Kier molecular flexibility index (Phi) is 4.48. The number of thiophene rings is 2. The van der Waals surface area contributed by atoms with Crippen molar-refractivity contribution in [1.82, 2.24) is 4.90 Å². The fourth-order valence-corrected chi connectivity index (χ4v) is 5.35. The standard InChI is InChI=1S/C19H17NOS3/c1-22-14-6-4-13(5-7-14)19(21)20-10-8-16-15(9-12-24-16)18(20)17-3-2-11-23-17/h2-7,9,11-12,18H,8,10H2,1H3/t18-/m1/s1. The molecule has 3 heterocycles. The number of carbonyl (C=O) groups excluding carboxylic acids is 1. The minimum Gasteiger partial charge on any atom is -0.326 e. The zero-order chi connectivity index (χ0) is 16.5. The molecule has 3 aromatic rings. The molecule has 0 N–H and O–H groups in total.